The van der Waals surface area contributed by atoms with E-state index in [9.17, 15) is 0 Å². The van der Waals surface area contributed by atoms with Gasteiger partial charge in [0.25, 0.3) is 0 Å². The highest BCUT2D eigenvalue weighted by Gasteiger charge is 2.23. The zero-order valence-electron chi connectivity index (χ0n) is 25.0. The second-order valence-corrected chi connectivity index (χ2v) is 16.5. The minimum absolute atomic E-state index is 0.531. The first kappa shape index (κ1) is 34.7. The summed E-state index contributed by atoms with van der Waals surface area (Å²) in [5.41, 5.74) is 0. The van der Waals surface area contributed by atoms with E-state index in [0.29, 0.717) is 6.04 Å². The molecule has 0 radical (unpaired) electrons. The van der Waals surface area contributed by atoms with E-state index in [4.69, 9.17) is 15.0 Å². The molecule has 1 fully saturated rings. The van der Waals surface area contributed by atoms with Gasteiger partial charge in [0, 0.05) is 66.7 Å². The van der Waals surface area contributed by atoms with Gasteiger partial charge in [-0.15, -0.1) is 60.2 Å². The number of hydrogen-bond donors (Lipinski definition) is 0. The van der Waals surface area contributed by atoms with Gasteiger partial charge < -0.3 is 4.90 Å². The van der Waals surface area contributed by atoms with Crippen molar-refractivity contribution >= 4 is 76.5 Å². The summed E-state index contributed by atoms with van der Waals surface area (Å²) >= 11 is 10.9. The van der Waals surface area contributed by atoms with Crippen LogP contribution in [0.25, 0.3) is 0 Å². The van der Waals surface area contributed by atoms with Crippen LogP contribution in [0.4, 0.5) is 5.95 Å². The fraction of sp³-hybridized carbons (Fsp3) is 0.424. The van der Waals surface area contributed by atoms with E-state index >= 15 is 0 Å². The summed E-state index contributed by atoms with van der Waals surface area (Å²) < 4.78 is 0. The van der Waals surface area contributed by atoms with Crippen molar-refractivity contribution in [1.29, 1.82) is 0 Å². The highest BCUT2D eigenvalue weighted by atomic mass is 32.2. The maximum atomic E-state index is 4.99. The van der Waals surface area contributed by atoms with E-state index in [1.54, 1.807) is 23.5 Å². The van der Waals surface area contributed by atoms with Crippen molar-refractivity contribution in [2.45, 2.75) is 75.0 Å². The molecule has 1 aliphatic rings. The van der Waals surface area contributed by atoms with Crippen LogP contribution in [0.15, 0.2) is 104 Å². The first-order chi connectivity index (χ1) is 21.2. The third-order valence-electron chi connectivity index (χ3n) is 6.75. The largest absolute Gasteiger partial charge is 0.338 e. The lowest BCUT2D eigenvalue weighted by molar-refractivity contribution is 0.412. The SMILES string of the molecule is C=CCSc1ccc(SCCSc2nc(SCCSc3ccc(SCC=C)cc3)nc(N(CC)C3CCCCC3)n2)cc1. The lowest BCUT2D eigenvalue weighted by Gasteiger charge is -2.33. The monoisotopic (exact) mass is 686 g/mol. The Morgan fingerprint density at radius 3 is 1.47 bits per heavy atom. The van der Waals surface area contributed by atoms with Crippen LogP contribution in [-0.4, -0.2) is 62.1 Å². The summed E-state index contributed by atoms with van der Waals surface area (Å²) in [5, 5.41) is 1.69. The lowest BCUT2D eigenvalue weighted by Crippen LogP contribution is -2.38. The Labute approximate surface area is 284 Å². The van der Waals surface area contributed by atoms with E-state index in [1.165, 1.54) is 51.7 Å². The minimum atomic E-state index is 0.531. The molecule has 1 heterocycles. The Bertz CT molecular complexity index is 1170. The second kappa shape index (κ2) is 20.1. The van der Waals surface area contributed by atoms with Gasteiger partial charge in [-0.05, 0) is 68.3 Å². The molecule has 2 aromatic carbocycles. The van der Waals surface area contributed by atoms with Crippen molar-refractivity contribution in [3.8, 4) is 0 Å². The molecule has 0 atom stereocenters. The van der Waals surface area contributed by atoms with Gasteiger partial charge in [0.2, 0.25) is 5.95 Å². The molecule has 3 aromatic rings. The Morgan fingerprint density at radius 1 is 0.628 bits per heavy atom. The first-order valence-corrected chi connectivity index (χ1v) is 20.8. The molecule has 4 nitrogen and oxygen atoms in total. The summed E-state index contributed by atoms with van der Waals surface area (Å²) in [6, 6.07) is 18.2. The average molecular weight is 687 g/mol. The van der Waals surface area contributed by atoms with Crippen LogP contribution >= 0.6 is 70.6 Å². The van der Waals surface area contributed by atoms with E-state index < -0.39 is 0 Å². The van der Waals surface area contributed by atoms with Crippen molar-refractivity contribution in [2.24, 2.45) is 0 Å². The Morgan fingerprint density at radius 2 is 1.05 bits per heavy atom. The van der Waals surface area contributed by atoms with Crippen molar-refractivity contribution < 1.29 is 0 Å². The number of rotatable bonds is 19. The molecule has 0 N–H and O–H groups in total. The number of aromatic nitrogens is 3. The molecule has 0 saturated heterocycles. The first-order valence-electron chi connectivity index (χ1n) is 14.9. The van der Waals surface area contributed by atoms with E-state index in [1.807, 2.05) is 59.2 Å². The number of benzene rings is 2. The smallest absolute Gasteiger partial charge is 0.230 e. The van der Waals surface area contributed by atoms with Crippen LogP contribution in [0.5, 0.6) is 0 Å². The molecule has 0 unspecified atom stereocenters. The van der Waals surface area contributed by atoms with Gasteiger partial charge in [0.1, 0.15) is 0 Å². The number of anilines is 1. The van der Waals surface area contributed by atoms with Gasteiger partial charge >= 0.3 is 0 Å². The molecule has 0 spiro atoms. The highest BCUT2D eigenvalue weighted by molar-refractivity contribution is 8.03. The molecule has 1 aromatic heterocycles. The van der Waals surface area contributed by atoms with E-state index in [2.05, 4.69) is 73.5 Å². The van der Waals surface area contributed by atoms with Crippen LogP contribution in [0.2, 0.25) is 0 Å². The summed E-state index contributed by atoms with van der Waals surface area (Å²) in [4.78, 5) is 22.5. The average Bonchev–Trinajstić information content (AvgIpc) is 3.05. The van der Waals surface area contributed by atoms with Crippen LogP contribution in [-0.2, 0) is 0 Å². The molecule has 4 rings (SSSR count). The Kier molecular flexibility index (Phi) is 16.2. The van der Waals surface area contributed by atoms with Crippen molar-refractivity contribution in [1.82, 2.24) is 15.0 Å². The maximum Gasteiger partial charge on any atom is 0.230 e. The minimum Gasteiger partial charge on any atom is -0.338 e. The molecule has 0 amide bonds. The lowest BCUT2D eigenvalue weighted by atomic mass is 9.94. The predicted molar refractivity (Wildman–Crippen MR) is 197 cm³/mol. The van der Waals surface area contributed by atoms with Gasteiger partial charge in [-0.2, -0.15) is 15.0 Å². The number of thioether (sulfide) groups is 6. The molecular weight excluding hydrogens is 645 g/mol. The van der Waals surface area contributed by atoms with Crippen LogP contribution in [0.1, 0.15) is 39.0 Å². The summed E-state index contributed by atoms with van der Waals surface area (Å²) in [6.45, 7) is 10.8. The molecule has 0 bridgehead atoms. The number of hydrogen-bond acceptors (Lipinski definition) is 10. The highest BCUT2D eigenvalue weighted by Crippen LogP contribution is 2.30. The molecule has 1 aliphatic carbocycles. The molecule has 1 saturated carbocycles. The molecule has 230 valence electrons. The summed E-state index contributed by atoms with van der Waals surface area (Å²) in [5.74, 6) is 6.67. The molecule has 0 aliphatic heterocycles. The predicted octanol–water partition coefficient (Wildman–Crippen LogP) is 10.4. The van der Waals surface area contributed by atoms with Crippen LogP contribution < -0.4 is 4.90 Å². The van der Waals surface area contributed by atoms with Crippen molar-refractivity contribution in [2.75, 3.05) is 46.0 Å². The Hall–Kier alpha value is -1.17. The Balaban J connectivity index is 1.34. The van der Waals surface area contributed by atoms with Gasteiger partial charge in [0.05, 0.1) is 0 Å². The van der Waals surface area contributed by atoms with Gasteiger partial charge in [-0.3, -0.25) is 0 Å². The quantitative estimate of drug-likeness (QED) is 0.0691. The fourth-order valence-electron chi connectivity index (χ4n) is 4.70. The molecule has 43 heavy (non-hydrogen) atoms. The fourth-order valence-corrected chi connectivity index (χ4v) is 9.46. The maximum absolute atomic E-state index is 4.99. The topological polar surface area (TPSA) is 41.9 Å². The summed E-state index contributed by atoms with van der Waals surface area (Å²) in [7, 11) is 0. The van der Waals surface area contributed by atoms with E-state index in [0.717, 1.165) is 57.3 Å². The van der Waals surface area contributed by atoms with Crippen LogP contribution in [0.3, 0.4) is 0 Å². The van der Waals surface area contributed by atoms with Gasteiger partial charge in [-0.25, -0.2) is 0 Å². The van der Waals surface area contributed by atoms with Crippen molar-refractivity contribution in [3.05, 3.63) is 73.8 Å². The molecular formula is C33H42N4S6. The van der Waals surface area contributed by atoms with E-state index in [-0.39, 0.29) is 0 Å². The zero-order chi connectivity index (χ0) is 30.1. The number of nitrogens with zero attached hydrogens (tertiary/aromatic N) is 4. The third kappa shape index (κ3) is 12.3. The van der Waals surface area contributed by atoms with Crippen molar-refractivity contribution in [3.63, 3.8) is 0 Å². The third-order valence-corrected chi connectivity index (χ3v) is 13.0. The van der Waals surface area contributed by atoms with Gasteiger partial charge in [-0.1, -0.05) is 54.9 Å². The van der Waals surface area contributed by atoms with Crippen LogP contribution in [0, 0.1) is 0 Å². The normalized spacial score (nSPS) is 13.6. The zero-order valence-corrected chi connectivity index (χ0v) is 29.9. The standard InChI is InChI=1S/C33H42N4S6/c1-4-20-38-27-12-16-29(17-13-27)40-22-24-42-32-34-31(37(6-3)26-10-8-7-9-11-26)35-33(36-32)43-25-23-41-30-18-14-28(15-19-30)39-21-5-2/h4-5,12-19,26H,1-2,6-11,20-25H2,3H3. The summed E-state index contributed by atoms with van der Waals surface area (Å²) in [6.07, 6.45) is 10.3. The second-order valence-electron chi connectivity index (χ2n) is 9.81. The van der Waals surface area contributed by atoms with Gasteiger partial charge in [0.15, 0.2) is 10.3 Å². The molecule has 10 heteroatoms.